The fourth-order valence-electron chi connectivity index (χ4n) is 2.55. The summed E-state index contributed by atoms with van der Waals surface area (Å²) in [4.78, 5) is 1.90. The van der Waals surface area contributed by atoms with Crippen LogP contribution in [0.1, 0.15) is 23.6 Å². The molecule has 1 aromatic carbocycles. The molecule has 20 heavy (non-hydrogen) atoms. The Morgan fingerprint density at radius 1 is 1.30 bits per heavy atom. The Morgan fingerprint density at radius 3 is 2.50 bits per heavy atom. The molecule has 2 rings (SSSR count). The summed E-state index contributed by atoms with van der Waals surface area (Å²) in [5.74, 6) is 0. The number of piperazine rings is 1. The second kappa shape index (κ2) is 6.33. The van der Waals surface area contributed by atoms with E-state index in [0.29, 0.717) is 23.7 Å². The average Bonchev–Trinajstić information content (AvgIpc) is 2.39. The third kappa shape index (κ3) is 4.11. The number of aryl methyl sites for hydroxylation is 1. The van der Waals surface area contributed by atoms with Crippen LogP contribution in [0.5, 0.6) is 0 Å². The molecule has 1 aromatic rings. The van der Waals surface area contributed by atoms with E-state index in [1.54, 1.807) is 18.2 Å². The molecular formula is C14H18ClF3N2. The Bertz CT molecular complexity index is 456. The number of halogens is 4. The van der Waals surface area contributed by atoms with Crippen molar-refractivity contribution in [2.24, 2.45) is 0 Å². The number of hydrogen-bond donors (Lipinski definition) is 1. The highest BCUT2D eigenvalue weighted by atomic mass is 35.5. The highest BCUT2D eigenvalue weighted by Gasteiger charge is 2.36. The predicted octanol–water partition coefficient (Wildman–Crippen LogP) is 3.55. The maximum atomic E-state index is 12.9. The lowest BCUT2D eigenvalue weighted by Gasteiger charge is -2.35. The molecule has 112 valence electrons. The van der Waals surface area contributed by atoms with E-state index in [1.165, 1.54) is 0 Å². The van der Waals surface area contributed by atoms with Crippen molar-refractivity contribution in [2.75, 3.05) is 26.2 Å². The van der Waals surface area contributed by atoms with Gasteiger partial charge in [0.2, 0.25) is 0 Å². The highest BCUT2D eigenvalue weighted by molar-refractivity contribution is 6.31. The van der Waals surface area contributed by atoms with Gasteiger partial charge in [0.1, 0.15) is 0 Å². The van der Waals surface area contributed by atoms with Crippen LogP contribution in [0.15, 0.2) is 18.2 Å². The third-order valence-electron chi connectivity index (χ3n) is 3.58. The quantitative estimate of drug-likeness (QED) is 0.919. The summed E-state index contributed by atoms with van der Waals surface area (Å²) in [7, 11) is 0. The molecule has 2 nitrogen and oxygen atoms in total. The number of nitrogens with zero attached hydrogens (tertiary/aromatic N) is 1. The van der Waals surface area contributed by atoms with Gasteiger partial charge in [0.25, 0.3) is 0 Å². The topological polar surface area (TPSA) is 15.3 Å². The zero-order valence-corrected chi connectivity index (χ0v) is 12.1. The zero-order chi connectivity index (χ0) is 14.8. The van der Waals surface area contributed by atoms with Gasteiger partial charge in [0.05, 0.1) is 6.42 Å². The molecule has 0 radical (unpaired) electrons. The minimum Gasteiger partial charge on any atom is -0.314 e. The number of hydrogen-bond acceptors (Lipinski definition) is 2. The molecule has 0 amide bonds. The molecule has 1 heterocycles. The fraction of sp³-hybridized carbons (Fsp3) is 0.571. The Kier molecular flexibility index (Phi) is 4.94. The summed E-state index contributed by atoms with van der Waals surface area (Å²) in [6.07, 6.45) is -5.00. The summed E-state index contributed by atoms with van der Waals surface area (Å²) >= 11 is 5.96. The van der Waals surface area contributed by atoms with Crippen LogP contribution in [0.3, 0.4) is 0 Å². The molecule has 1 fully saturated rings. The van der Waals surface area contributed by atoms with E-state index in [2.05, 4.69) is 5.32 Å². The van der Waals surface area contributed by atoms with Crippen molar-refractivity contribution in [3.05, 3.63) is 34.3 Å². The molecule has 0 saturated carbocycles. The molecule has 1 aliphatic heterocycles. The van der Waals surface area contributed by atoms with Crippen molar-refractivity contribution < 1.29 is 13.2 Å². The molecule has 1 N–H and O–H groups in total. The van der Waals surface area contributed by atoms with Crippen LogP contribution in [-0.2, 0) is 0 Å². The highest BCUT2D eigenvalue weighted by Crippen LogP contribution is 2.35. The minimum atomic E-state index is -4.18. The number of alkyl halides is 3. The SMILES string of the molecule is Cc1cc([C@@H](CC(F)(F)F)N2CCNCC2)ccc1Cl. The molecule has 6 heteroatoms. The van der Waals surface area contributed by atoms with Crippen LogP contribution in [0.4, 0.5) is 13.2 Å². The van der Waals surface area contributed by atoms with Crippen LogP contribution in [-0.4, -0.2) is 37.3 Å². The van der Waals surface area contributed by atoms with Crippen molar-refractivity contribution in [3.8, 4) is 0 Å². The first-order chi connectivity index (χ1) is 9.37. The maximum Gasteiger partial charge on any atom is 0.390 e. The van der Waals surface area contributed by atoms with Crippen LogP contribution in [0.2, 0.25) is 5.02 Å². The summed E-state index contributed by atoms with van der Waals surface area (Å²) in [6.45, 7) is 4.51. The monoisotopic (exact) mass is 306 g/mol. The molecule has 0 aromatic heterocycles. The predicted molar refractivity (Wildman–Crippen MR) is 74.0 cm³/mol. The minimum absolute atomic E-state index is 0.583. The molecule has 0 spiro atoms. The van der Waals surface area contributed by atoms with Gasteiger partial charge in [-0.25, -0.2) is 0 Å². The normalized spacial score (nSPS) is 19.1. The van der Waals surface area contributed by atoms with E-state index in [9.17, 15) is 13.2 Å². The number of rotatable bonds is 3. The van der Waals surface area contributed by atoms with Gasteiger partial charge in [0, 0.05) is 37.2 Å². The number of nitrogens with one attached hydrogen (secondary N) is 1. The molecule has 1 atom stereocenters. The van der Waals surface area contributed by atoms with Crippen LogP contribution >= 0.6 is 11.6 Å². The van der Waals surface area contributed by atoms with E-state index in [0.717, 1.165) is 18.7 Å². The lowest BCUT2D eigenvalue weighted by Crippen LogP contribution is -2.46. The first-order valence-corrected chi connectivity index (χ1v) is 7.02. The van der Waals surface area contributed by atoms with Gasteiger partial charge in [-0.2, -0.15) is 13.2 Å². The van der Waals surface area contributed by atoms with Crippen molar-refractivity contribution in [1.82, 2.24) is 10.2 Å². The van der Waals surface area contributed by atoms with E-state index in [4.69, 9.17) is 11.6 Å². The van der Waals surface area contributed by atoms with E-state index in [-0.39, 0.29) is 0 Å². The Labute approximate surface area is 121 Å². The summed E-state index contributed by atoms with van der Waals surface area (Å²) in [5.41, 5.74) is 1.50. The second-order valence-corrected chi connectivity index (χ2v) is 5.54. The van der Waals surface area contributed by atoms with E-state index in [1.807, 2.05) is 11.8 Å². The Morgan fingerprint density at radius 2 is 1.95 bits per heavy atom. The Balaban J connectivity index is 2.26. The molecule has 1 aliphatic rings. The van der Waals surface area contributed by atoms with Crippen LogP contribution < -0.4 is 5.32 Å². The first-order valence-electron chi connectivity index (χ1n) is 6.64. The maximum absolute atomic E-state index is 12.9. The standard InChI is InChI=1S/C14H18ClF3N2/c1-10-8-11(2-3-12(10)15)13(9-14(16,17)18)20-6-4-19-5-7-20/h2-3,8,13,19H,4-7,9H2,1H3/t13-/m1/s1. The lowest BCUT2D eigenvalue weighted by molar-refractivity contribution is -0.148. The summed E-state index contributed by atoms with van der Waals surface area (Å²) in [6, 6.07) is 4.51. The Hall–Kier alpha value is -0.780. The summed E-state index contributed by atoms with van der Waals surface area (Å²) < 4.78 is 38.6. The zero-order valence-electron chi connectivity index (χ0n) is 11.3. The van der Waals surface area contributed by atoms with Gasteiger partial charge < -0.3 is 5.32 Å². The second-order valence-electron chi connectivity index (χ2n) is 5.13. The molecule has 0 aliphatic carbocycles. The van der Waals surface area contributed by atoms with Gasteiger partial charge >= 0.3 is 6.18 Å². The van der Waals surface area contributed by atoms with Crippen molar-refractivity contribution >= 4 is 11.6 Å². The van der Waals surface area contributed by atoms with Gasteiger partial charge in [-0.05, 0) is 24.1 Å². The lowest BCUT2D eigenvalue weighted by atomic mass is 9.99. The third-order valence-corrected chi connectivity index (χ3v) is 4.01. The van der Waals surface area contributed by atoms with Gasteiger partial charge in [0.15, 0.2) is 0 Å². The molecule has 0 bridgehead atoms. The van der Waals surface area contributed by atoms with Gasteiger partial charge in [-0.15, -0.1) is 0 Å². The largest absolute Gasteiger partial charge is 0.390 e. The number of benzene rings is 1. The first kappa shape index (κ1) is 15.6. The van der Waals surface area contributed by atoms with Crippen molar-refractivity contribution in [2.45, 2.75) is 25.6 Å². The van der Waals surface area contributed by atoms with Gasteiger partial charge in [-0.1, -0.05) is 23.7 Å². The fourth-order valence-corrected chi connectivity index (χ4v) is 2.66. The van der Waals surface area contributed by atoms with Crippen LogP contribution in [0, 0.1) is 6.92 Å². The molecule has 0 unspecified atom stereocenters. The van der Waals surface area contributed by atoms with E-state index >= 15 is 0 Å². The van der Waals surface area contributed by atoms with Crippen LogP contribution in [0.25, 0.3) is 0 Å². The average molecular weight is 307 g/mol. The van der Waals surface area contributed by atoms with E-state index < -0.39 is 18.6 Å². The van der Waals surface area contributed by atoms with Gasteiger partial charge in [-0.3, -0.25) is 4.90 Å². The van der Waals surface area contributed by atoms with Crippen molar-refractivity contribution in [1.29, 1.82) is 0 Å². The summed E-state index contributed by atoms with van der Waals surface area (Å²) in [5, 5.41) is 3.74. The molecular weight excluding hydrogens is 289 g/mol. The smallest absolute Gasteiger partial charge is 0.314 e. The molecule has 1 saturated heterocycles. The van der Waals surface area contributed by atoms with Crippen molar-refractivity contribution in [3.63, 3.8) is 0 Å².